The van der Waals surface area contributed by atoms with E-state index < -0.39 is 0 Å². The zero-order chi connectivity index (χ0) is 22.2. The number of aryl methyl sites for hydroxylation is 1. The van der Waals surface area contributed by atoms with Gasteiger partial charge in [-0.2, -0.15) is 0 Å². The van der Waals surface area contributed by atoms with Crippen molar-refractivity contribution >= 4 is 11.6 Å². The lowest BCUT2D eigenvalue weighted by Gasteiger charge is -2.14. The molecule has 0 fully saturated rings. The first-order chi connectivity index (χ1) is 15.0. The Kier molecular flexibility index (Phi) is 7.62. The Bertz CT molecular complexity index is 1020. The molecule has 0 spiro atoms. The van der Waals surface area contributed by atoms with Gasteiger partial charge in [-0.3, -0.25) is 9.78 Å². The van der Waals surface area contributed by atoms with Crippen LogP contribution in [0.4, 0.5) is 5.69 Å². The van der Waals surface area contributed by atoms with Crippen LogP contribution in [-0.4, -0.2) is 24.6 Å². The number of amides is 1. The molecule has 6 heteroatoms. The quantitative estimate of drug-likeness (QED) is 0.464. The third-order valence-electron chi connectivity index (χ3n) is 4.73. The van der Waals surface area contributed by atoms with Crippen LogP contribution in [0.5, 0.6) is 17.2 Å². The standard InChI is InChI=1S/C25H28N2O4/c1-5-15-30-18(3)24-14-13-23(17(2)26-24)25(28)27-19-9-11-20(12-10-19)31-22-8-6-7-21(16-22)29-4/h6-14,16,18H,5,15H2,1-4H3,(H,27,28). The van der Waals surface area contributed by atoms with Crippen LogP contribution in [0.2, 0.25) is 0 Å². The lowest BCUT2D eigenvalue weighted by Crippen LogP contribution is -2.15. The number of ether oxygens (including phenoxy) is 3. The maximum absolute atomic E-state index is 12.7. The van der Waals surface area contributed by atoms with Crippen LogP contribution < -0.4 is 14.8 Å². The summed E-state index contributed by atoms with van der Waals surface area (Å²) in [6.07, 6.45) is 0.848. The van der Waals surface area contributed by atoms with Gasteiger partial charge in [0.2, 0.25) is 0 Å². The van der Waals surface area contributed by atoms with E-state index in [9.17, 15) is 4.79 Å². The molecule has 1 amide bonds. The minimum atomic E-state index is -0.208. The summed E-state index contributed by atoms with van der Waals surface area (Å²) in [7, 11) is 1.61. The number of methoxy groups -OCH3 is 1. The van der Waals surface area contributed by atoms with Crippen LogP contribution in [0.15, 0.2) is 60.7 Å². The smallest absolute Gasteiger partial charge is 0.257 e. The maximum atomic E-state index is 12.7. The third kappa shape index (κ3) is 6.06. The van der Waals surface area contributed by atoms with E-state index in [0.717, 1.165) is 17.9 Å². The molecule has 1 heterocycles. The number of anilines is 1. The van der Waals surface area contributed by atoms with E-state index in [1.54, 1.807) is 37.4 Å². The van der Waals surface area contributed by atoms with Crippen molar-refractivity contribution < 1.29 is 19.0 Å². The molecular formula is C25H28N2O4. The number of benzene rings is 2. The molecule has 1 atom stereocenters. The summed E-state index contributed by atoms with van der Waals surface area (Å²) in [6.45, 7) is 6.54. The Morgan fingerprint density at radius 2 is 1.77 bits per heavy atom. The summed E-state index contributed by atoms with van der Waals surface area (Å²) in [5.74, 6) is 1.85. The van der Waals surface area contributed by atoms with Crippen LogP contribution in [0.3, 0.4) is 0 Å². The average Bonchev–Trinajstić information content (AvgIpc) is 2.78. The summed E-state index contributed by atoms with van der Waals surface area (Å²) in [5.41, 5.74) is 2.69. The Balaban J connectivity index is 1.63. The van der Waals surface area contributed by atoms with Gasteiger partial charge in [0.25, 0.3) is 5.91 Å². The molecular weight excluding hydrogens is 392 g/mol. The molecule has 0 aliphatic heterocycles. The van der Waals surface area contributed by atoms with E-state index in [2.05, 4.69) is 17.2 Å². The van der Waals surface area contributed by atoms with Crippen molar-refractivity contribution in [2.24, 2.45) is 0 Å². The van der Waals surface area contributed by atoms with Gasteiger partial charge in [0.1, 0.15) is 17.2 Å². The van der Waals surface area contributed by atoms with E-state index in [1.165, 1.54) is 0 Å². The fourth-order valence-electron chi connectivity index (χ4n) is 3.03. The molecule has 0 saturated carbocycles. The zero-order valence-electron chi connectivity index (χ0n) is 18.3. The van der Waals surface area contributed by atoms with E-state index >= 15 is 0 Å². The second kappa shape index (κ2) is 10.6. The molecule has 6 nitrogen and oxygen atoms in total. The maximum Gasteiger partial charge on any atom is 0.257 e. The first-order valence-electron chi connectivity index (χ1n) is 10.3. The topological polar surface area (TPSA) is 69.7 Å². The average molecular weight is 421 g/mol. The van der Waals surface area contributed by atoms with Gasteiger partial charge in [0.15, 0.2) is 0 Å². The number of rotatable bonds is 9. The predicted molar refractivity (Wildman–Crippen MR) is 121 cm³/mol. The highest BCUT2D eigenvalue weighted by Gasteiger charge is 2.14. The second-order valence-corrected chi connectivity index (χ2v) is 7.14. The lowest BCUT2D eigenvalue weighted by atomic mass is 10.1. The molecule has 3 aromatic rings. The Morgan fingerprint density at radius 1 is 1.03 bits per heavy atom. The van der Waals surface area contributed by atoms with Gasteiger partial charge in [-0.15, -0.1) is 0 Å². The van der Waals surface area contributed by atoms with Gasteiger partial charge in [-0.1, -0.05) is 13.0 Å². The Labute approximate surface area is 183 Å². The normalized spacial score (nSPS) is 11.6. The SMILES string of the molecule is CCCOC(C)c1ccc(C(=O)Nc2ccc(Oc3cccc(OC)c3)cc2)c(C)n1. The summed E-state index contributed by atoms with van der Waals surface area (Å²) in [4.78, 5) is 17.3. The molecule has 1 unspecified atom stereocenters. The second-order valence-electron chi connectivity index (χ2n) is 7.14. The first-order valence-corrected chi connectivity index (χ1v) is 10.3. The van der Waals surface area contributed by atoms with Crippen molar-refractivity contribution in [2.75, 3.05) is 19.0 Å². The molecule has 31 heavy (non-hydrogen) atoms. The fraction of sp³-hybridized carbons (Fsp3) is 0.280. The minimum Gasteiger partial charge on any atom is -0.497 e. The van der Waals surface area contributed by atoms with E-state index in [1.807, 2.05) is 44.2 Å². The first kappa shape index (κ1) is 22.3. The summed E-state index contributed by atoms with van der Waals surface area (Å²) < 4.78 is 16.8. The van der Waals surface area contributed by atoms with Crippen molar-refractivity contribution in [3.05, 3.63) is 77.6 Å². The van der Waals surface area contributed by atoms with Gasteiger partial charge in [0.05, 0.1) is 30.2 Å². The monoisotopic (exact) mass is 420 g/mol. The molecule has 162 valence electrons. The molecule has 3 rings (SSSR count). The van der Waals surface area contributed by atoms with E-state index in [-0.39, 0.29) is 12.0 Å². The summed E-state index contributed by atoms with van der Waals surface area (Å²) >= 11 is 0. The van der Waals surface area contributed by atoms with Gasteiger partial charge in [-0.25, -0.2) is 0 Å². The molecule has 0 aliphatic carbocycles. The molecule has 0 radical (unpaired) electrons. The zero-order valence-corrected chi connectivity index (χ0v) is 18.3. The summed E-state index contributed by atoms with van der Waals surface area (Å²) in [6, 6.07) is 18.2. The van der Waals surface area contributed by atoms with Crippen LogP contribution in [0, 0.1) is 6.92 Å². The van der Waals surface area contributed by atoms with Crippen molar-refractivity contribution in [1.82, 2.24) is 4.98 Å². The Morgan fingerprint density at radius 3 is 2.45 bits per heavy atom. The lowest BCUT2D eigenvalue weighted by molar-refractivity contribution is 0.0632. The molecule has 0 saturated heterocycles. The van der Waals surface area contributed by atoms with Gasteiger partial charge in [-0.05, 0) is 68.8 Å². The highest BCUT2D eigenvalue weighted by Crippen LogP contribution is 2.26. The van der Waals surface area contributed by atoms with Crippen molar-refractivity contribution in [1.29, 1.82) is 0 Å². The van der Waals surface area contributed by atoms with Gasteiger partial charge in [0, 0.05) is 18.4 Å². The molecule has 1 aromatic heterocycles. The Hall–Kier alpha value is -3.38. The largest absolute Gasteiger partial charge is 0.497 e. The number of hydrogen-bond donors (Lipinski definition) is 1. The van der Waals surface area contributed by atoms with Gasteiger partial charge >= 0.3 is 0 Å². The molecule has 0 aliphatic rings. The van der Waals surface area contributed by atoms with Crippen LogP contribution >= 0.6 is 0 Å². The van der Waals surface area contributed by atoms with Crippen LogP contribution in [0.25, 0.3) is 0 Å². The van der Waals surface area contributed by atoms with Gasteiger partial charge < -0.3 is 19.5 Å². The fourth-order valence-corrected chi connectivity index (χ4v) is 3.03. The number of nitrogens with one attached hydrogen (secondary N) is 1. The highest BCUT2D eigenvalue weighted by atomic mass is 16.5. The number of pyridine rings is 1. The summed E-state index contributed by atoms with van der Waals surface area (Å²) in [5, 5.41) is 2.91. The van der Waals surface area contributed by atoms with Crippen LogP contribution in [-0.2, 0) is 4.74 Å². The third-order valence-corrected chi connectivity index (χ3v) is 4.73. The minimum absolute atomic E-state index is 0.104. The van der Waals surface area contributed by atoms with Crippen molar-refractivity contribution in [2.45, 2.75) is 33.3 Å². The number of nitrogens with zero attached hydrogens (tertiary/aromatic N) is 1. The van der Waals surface area contributed by atoms with Crippen LogP contribution in [0.1, 0.15) is 48.1 Å². The van der Waals surface area contributed by atoms with Crippen molar-refractivity contribution in [3.63, 3.8) is 0 Å². The molecule has 2 aromatic carbocycles. The predicted octanol–water partition coefficient (Wildman–Crippen LogP) is 5.93. The number of hydrogen-bond acceptors (Lipinski definition) is 5. The molecule has 1 N–H and O–H groups in total. The van der Waals surface area contributed by atoms with E-state index in [0.29, 0.717) is 35.1 Å². The van der Waals surface area contributed by atoms with Crippen molar-refractivity contribution in [3.8, 4) is 17.2 Å². The number of carbonyl (C=O) groups is 1. The highest BCUT2D eigenvalue weighted by molar-refractivity contribution is 6.05. The van der Waals surface area contributed by atoms with E-state index in [4.69, 9.17) is 14.2 Å². The number of aromatic nitrogens is 1. The number of carbonyl (C=O) groups excluding carboxylic acids is 1. The molecule has 0 bridgehead atoms.